The minimum Gasteiger partial charge on any atom is -0.349 e. The van der Waals surface area contributed by atoms with Gasteiger partial charge in [0, 0.05) is 51.5 Å². The summed E-state index contributed by atoms with van der Waals surface area (Å²) in [6.45, 7) is 11.0. The molecule has 2 rings (SSSR count). The van der Waals surface area contributed by atoms with Crippen LogP contribution < -0.4 is 0 Å². The summed E-state index contributed by atoms with van der Waals surface area (Å²) in [6, 6.07) is 8.64. The van der Waals surface area contributed by atoms with Crippen LogP contribution in [0.1, 0.15) is 31.3 Å². The van der Waals surface area contributed by atoms with Crippen molar-refractivity contribution in [1.82, 2.24) is 9.80 Å². The zero-order valence-electron chi connectivity index (χ0n) is 13.5. The summed E-state index contributed by atoms with van der Waals surface area (Å²) >= 11 is 0. The Morgan fingerprint density at radius 1 is 0.952 bits per heavy atom. The van der Waals surface area contributed by atoms with Gasteiger partial charge in [0.2, 0.25) is 0 Å². The second kappa shape index (κ2) is 8.49. The van der Waals surface area contributed by atoms with Gasteiger partial charge in [0.15, 0.2) is 6.29 Å². The molecule has 0 aliphatic carbocycles. The smallest absolute Gasteiger partial charge is 0.183 e. The van der Waals surface area contributed by atoms with E-state index in [-0.39, 0.29) is 6.29 Å². The highest BCUT2D eigenvalue weighted by atomic mass is 16.7. The van der Waals surface area contributed by atoms with E-state index in [0.29, 0.717) is 13.2 Å². The summed E-state index contributed by atoms with van der Waals surface area (Å²) in [6.07, 6.45) is -0.238. The monoisotopic (exact) mass is 292 g/mol. The number of likely N-dealkylation sites (N-methyl/N-ethyl adjacent to an activating group) is 1. The van der Waals surface area contributed by atoms with E-state index in [1.165, 1.54) is 5.56 Å². The molecule has 21 heavy (non-hydrogen) atoms. The van der Waals surface area contributed by atoms with Crippen LogP contribution in [-0.2, 0) is 16.0 Å². The van der Waals surface area contributed by atoms with Crippen molar-refractivity contribution < 1.29 is 9.47 Å². The van der Waals surface area contributed by atoms with Gasteiger partial charge in [-0.3, -0.25) is 4.90 Å². The first-order valence-electron chi connectivity index (χ1n) is 7.95. The molecule has 0 N–H and O–H groups in total. The Hall–Kier alpha value is -0.940. The molecule has 1 fully saturated rings. The molecule has 0 unspecified atom stereocenters. The first kappa shape index (κ1) is 16.4. The minimum atomic E-state index is -0.238. The summed E-state index contributed by atoms with van der Waals surface area (Å²) in [5, 5.41) is 0. The molecule has 0 atom stereocenters. The van der Waals surface area contributed by atoms with Gasteiger partial charge >= 0.3 is 0 Å². The van der Waals surface area contributed by atoms with Gasteiger partial charge in [-0.2, -0.15) is 0 Å². The van der Waals surface area contributed by atoms with Crippen molar-refractivity contribution >= 4 is 0 Å². The molecule has 0 amide bonds. The highest BCUT2D eigenvalue weighted by Gasteiger charge is 2.15. The Labute approximate surface area is 128 Å². The Bertz CT molecular complexity index is 394. The number of nitrogens with zero attached hydrogens (tertiary/aromatic N) is 2. The van der Waals surface area contributed by atoms with Crippen molar-refractivity contribution in [2.24, 2.45) is 0 Å². The first-order valence-corrected chi connectivity index (χ1v) is 7.95. The van der Waals surface area contributed by atoms with Gasteiger partial charge in [-0.25, -0.2) is 0 Å². The number of hydrogen-bond acceptors (Lipinski definition) is 4. The highest BCUT2D eigenvalue weighted by molar-refractivity contribution is 5.23. The predicted octanol–water partition coefficient (Wildman–Crippen LogP) is 2.51. The van der Waals surface area contributed by atoms with Crippen LogP contribution >= 0.6 is 0 Å². The zero-order valence-corrected chi connectivity index (χ0v) is 13.5. The predicted molar refractivity (Wildman–Crippen MR) is 85.2 cm³/mol. The molecule has 0 aromatic heterocycles. The molecule has 1 heterocycles. The topological polar surface area (TPSA) is 24.9 Å². The number of benzene rings is 1. The number of hydrogen-bond donors (Lipinski definition) is 0. The van der Waals surface area contributed by atoms with Crippen molar-refractivity contribution in [3.8, 4) is 0 Å². The Balaban J connectivity index is 1.91. The van der Waals surface area contributed by atoms with E-state index >= 15 is 0 Å². The van der Waals surface area contributed by atoms with Gasteiger partial charge in [-0.15, -0.1) is 0 Å². The van der Waals surface area contributed by atoms with E-state index in [9.17, 15) is 0 Å². The quantitative estimate of drug-likeness (QED) is 0.721. The summed E-state index contributed by atoms with van der Waals surface area (Å²) in [4.78, 5) is 4.89. The maximum Gasteiger partial charge on any atom is 0.183 e. The highest BCUT2D eigenvalue weighted by Crippen LogP contribution is 2.20. The van der Waals surface area contributed by atoms with Crippen LogP contribution in [0.25, 0.3) is 0 Å². The van der Waals surface area contributed by atoms with Gasteiger partial charge < -0.3 is 14.4 Å². The molecule has 118 valence electrons. The lowest BCUT2D eigenvalue weighted by Crippen LogP contribution is -2.43. The summed E-state index contributed by atoms with van der Waals surface area (Å²) in [5.41, 5.74) is 2.45. The lowest BCUT2D eigenvalue weighted by Gasteiger charge is -2.32. The van der Waals surface area contributed by atoms with Crippen LogP contribution in [-0.4, -0.2) is 56.2 Å². The molecule has 1 aromatic rings. The van der Waals surface area contributed by atoms with Crippen molar-refractivity contribution in [1.29, 1.82) is 0 Å². The van der Waals surface area contributed by atoms with Gasteiger partial charge in [0.05, 0.1) is 0 Å². The second-order valence-corrected chi connectivity index (χ2v) is 5.56. The maximum absolute atomic E-state index is 5.63. The van der Waals surface area contributed by atoms with Gasteiger partial charge in [-0.05, 0) is 26.5 Å². The van der Waals surface area contributed by atoms with Crippen molar-refractivity contribution in [2.75, 3.05) is 46.4 Å². The molecule has 4 nitrogen and oxygen atoms in total. The van der Waals surface area contributed by atoms with E-state index in [1.54, 1.807) is 0 Å². The Morgan fingerprint density at radius 2 is 1.52 bits per heavy atom. The Kier molecular flexibility index (Phi) is 6.64. The molecule has 4 heteroatoms. The molecular formula is C17H28N2O2. The van der Waals surface area contributed by atoms with E-state index < -0.39 is 0 Å². The molecule has 1 aliphatic rings. The zero-order chi connectivity index (χ0) is 15.1. The third-order valence-electron chi connectivity index (χ3n) is 3.89. The molecule has 0 spiro atoms. The maximum atomic E-state index is 5.63. The van der Waals surface area contributed by atoms with Crippen LogP contribution in [0.3, 0.4) is 0 Å². The normalized spacial score (nSPS) is 17.5. The fraction of sp³-hybridized carbons (Fsp3) is 0.647. The van der Waals surface area contributed by atoms with E-state index in [1.807, 2.05) is 13.8 Å². The summed E-state index contributed by atoms with van der Waals surface area (Å²) in [7, 11) is 2.19. The van der Waals surface area contributed by atoms with Crippen LogP contribution in [0.4, 0.5) is 0 Å². The largest absolute Gasteiger partial charge is 0.349 e. The molecule has 0 bridgehead atoms. The van der Waals surface area contributed by atoms with E-state index in [2.05, 4.69) is 41.1 Å². The lowest BCUT2D eigenvalue weighted by molar-refractivity contribution is -0.140. The number of rotatable bonds is 7. The average Bonchev–Trinajstić information content (AvgIpc) is 2.50. The van der Waals surface area contributed by atoms with Gasteiger partial charge in [0.25, 0.3) is 0 Å². The number of piperazine rings is 1. The van der Waals surface area contributed by atoms with Crippen molar-refractivity contribution in [3.63, 3.8) is 0 Å². The lowest BCUT2D eigenvalue weighted by atomic mass is 10.1. The Morgan fingerprint density at radius 3 is 2.05 bits per heavy atom. The number of ether oxygens (including phenoxy) is 2. The molecule has 0 radical (unpaired) electrons. The van der Waals surface area contributed by atoms with Crippen molar-refractivity contribution in [3.05, 3.63) is 35.4 Å². The summed E-state index contributed by atoms with van der Waals surface area (Å²) < 4.78 is 11.3. The first-order chi connectivity index (χ1) is 10.2. The molecule has 1 aromatic carbocycles. The molecular weight excluding hydrogens is 264 g/mol. The van der Waals surface area contributed by atoms with Crippen LogP contribution in [0.2, 0.25) is 0 Å². The minimum absolute atomic E-state index is 0.238. The van der Waals surface area contributed by atoms with Gasteiger partial charge in [-0.1, -0.05) is 24.3 Å². The molecule has 0 saturated carbocycles. The summed E-state index contributed by atoms with van der Waals surface area (Å²) in [5.74, 6) is 0. The van der Waals surface area contributed by atoms with Crippen molar-refractivity contribution in [2.45, 2.75) is 26.7 Å². The van der Waals surface area contributed by atoms with E-state index in [4.69, 9.17) is 9.47 Å². The van der Waals surface area contributed by atoms with Crippen LogP contribution in [0.15, 0.2) is 24.3 Å². The molecule has 1 aliphatic heterocycles. The SMILES string of the molecule is CCOC(OCC)c1ccc(CN2CCN(C)CC2)cc1. The second-order valence-electron chi connectivity index (χ2n) is 5.56. The van der Waals surface area contributed by atoms with E-state index in [0.717, 1.165) is 38.3 Å². The van der Waals surface area contributed by atoms with Gasteiger partial charge in [0.1, 0.15) is 0 Å². The third-order valence-corrected chi connectivity index (χ3v) is 3.89. The fourth-order valence-electron chi connectivity index (χ4n) is 2.59. The third kappa shape index (κ3) is 5.08. The van der Waals surface area contributed by atoms with Crippen LogP contribution in [0.5, 0.6) is 0 Å². The van der Waals surface area contributed by atoms with Crippen LogP contribution in [0, 0.1) is 0 Å². The fourth-order valence-corrected chi connectivity index (χ4v) is 2.59. The molecule has 1 saturated heterocycles. The standard InChI is InChI=1S/C17H28N2O2/c1-4-20-17(21-5-2)16-8-6-15(7-9-16)14-19-12-10-18(3)11-13-19/h6-9,17H,4-5,10-14H2,1-3H3. The average molecular weight is 292 g/mol.